The smallest absolute Gasteiger partial charge is 0.234 e. The second-order valence-corrected chi connectivity index (χ2v) is 6.97. The molecule has 3 unspecified atom stereocenters. The monoisotopic (exact) mass is 295 g/mol. The first-order valence-electron chi connectivity index (χ1n) is 8.12. The lowest BCUT2D eigenvalue weighted by Crippen LogP contribution is -2.48. The Balaban J connectivity index is 1.86. The van der Waals surface area contributed by atoms with Crippen LogP contribution in [0, 0.1) is 5.92 Å². The molecule has 2 bridgehead atoms. The van der Waals surface area contributed by atoms with Gasteiger partial charge in [0.25, 0.3) is 0 Å². The van der Waals surface area contributed by atoms with Crippen molar-refractivity contribution in [3.63, 3.8) is 0 Å². The van der Waals surface area contributed by atoms with E-state index in [4.69, 9.17) is 0 Å². The highest BCUT2D eigenvalue weighted by molar-refractivity contribution is 5.88. The maximum atomic E-state index is 12.2. The van der Waals surface area contributed by atoms with Crippen LogP contribution in [-0.4, -0.2) is 66.3 Å². The molecular formula is C16H29N3O2. The van der Waals surface area contributed by atoms with Crippen molar-refractivity contribution in [2.45, 2.75) is 58.2 Å². The number of fused-ring (bicyclic) bond motifs is 2. The number of hydrogen-bond donors (Lipinski definition) is 1. The van der Waals surface area contributed by atoms with E-state index < -0.39 is 0 Å². The van der Waals surface area contributed by atoms with Crippen molar-refractivity contribution >= 4 is 11.7 Å². The zero-order chi connectivity index (χ0) is 15.6. The lowest BCUT2D eigenvalue weighted by atomic mass is 10.0. The fraction of sp³-hybridized carbons (Fsp3) is 0.875. The predicted molar refractivity (Wildman–Crippen MR) is 83.1 cm³/mol. The Hall–Kier alpha value is -0.940. The van der Waals surface area contributed by atoms with Crippen LogP contribution in [0.2, 0.25) is 0 Å². The molecular weight excluding hydrogens is 266 g/mol. The maximum absolute atomic E-state index is 12.2. The molecule has 1 amide bonds. The van der Waals surface area contributed by atoms with Crippen molar-refractivity contribution < 1.29 is 9.59 Å². The zero-order valence-electron chi connectivity index (χ0n) is 13.8. The van der Waals surface area contributed by atoms with Gasteiger partial charge in [-0.3, -0.25) is 19.4 Å². The van der Waals surface area contributed by atoms with E-state index in [9.17, 15) is 9.59 Å². The summed E-state index contributed by atoms with van der Waals surface area (Å²) in [5.41, 5.74) is 0. The van der Waals surface area contributed by atoms with Crippen LogP contribution < -0.4 is 5.32 Å². The molecule has 2 rings (SSSR count). The normalized spacial score (nSPS) is 28.4. The Morgan fingerprint density at radius 1 is 1.19 bits per heavy atom. The van der Waals surface area contributed by atoms with Gasteiger partial charge in [0, 0.05) is 25.2 Å². The van der Waals surface area contributed by atoms with E-state index in [0.717, 1.165) is 19.5 Å². The van der Waals surface area contributed by atoms with Gasteiger partial charge < -0.3 is 5.32 Å². The fourth-order valence-corrected chi connectivity index (χ4v) is 3.68. The number of hydrogen-bond acceptors (Lipinski definition) is 4. The summed E-state index contributed by atoms with van der Waals surface area (Å²) >= 11 is 0. The lowest BCUT2D eigenvalue weighted by Gasteiger charge is -2.26. The Kier molecular flexibility index (Phi) is 5.38. The van der Waals surface area contributed by atoms with Crippen LogP contribution in [0.1, 0.15) is 40.0 Å². The highest BCUT2D eigenvalue weighted by Crippen LogP contribution is 2.28. The third-order valence-corrected chi connectivity index (χ3v) is 5.02. The number of likely N-dealkylation sites (N-methyl/N-ethyl adjacent to an activating group) is 1. The van der Waals surface area contributed by atoms with E-state index in [1.807, 2.05) is 13.8 Å². The van der Waals surface area contributed by atoms with Gasteiger partial charge in [0.15, 0.2) is 5.78 Å². The van der Waals surface area contributed by atoms with Gasteiger partial charge in [0.2, 0.25) is 5.91 Å². The molecule has 21 heavy (non-hydrogen) atoms. The van der Waals surface area contributed by atoms with E-state index >= 15 is 0 Å². The van der Waals surface area contributed by atoms with Gasteiger partial charge >= 0.3 is 0 Å². The van der Waals surface area contributed by atoms with Crippen LogP contribution in [0.25, 0.3) is 0 Å². The van der Waals surface area contributed by atoms with Crippen LogP contribution in [-0.2, 0) is 9.59 Å². The van der Waals surface area contributed by atoms with Crippen LogP contribution >= 0.6 is 0 Å². The molecule has 0 aliphatic carbocycles. The van der Waals surface area contributed by atoms with Crippen molar-refractivity contribution in [1.82, 2.24) is 15.1 Å². The molecule has 0 spiro atoms. The predicted octanol–water partition coefficient (Wildman–Crippen LogP) is 0.885. The number of nitrogens with one attached hydrogen (secondary N) is 1. The first-order chi connectivity index (χ1) is 9.88. The van der Waals surface area contributed by atoms with E-state index in [1.54, 1.807) is 6.92 Å². The lowest BCUT2D eigenvalue weighted by molar-refractivity contribution is -0.128. The maximum Gasteiger partial charge on any atom is 0.234 e. The second kappa shape index (κ2) is 6.88. The quantitative estimate of drug-likeness (QED) is 0.818. The topological polar surface area (TPSA) is 52.7 Å². The van der Waals surface area contributed by atoms with Gasteiger partial charge in [-0.15, -0.1) is 0 Å². The first-order valence-corrected chi connectivity index (χ1v) is 8.12. The molecule has 2 aliphatic rings. The van der Waals surface area contributed by atoms with Gasteiger partial charge in [0.1, 0.15) is 0 Å². The summed E-state index contributed by atoms with van der Waals surface area (Å²) < 4.78 is 0. The third-order valence-electron chi connectivity index (χ3n) is 5.02. The summed E-state index contributed by atoms with van der Waals surface area (Å²) in [4.78, 5) is 28.5. The molecule has 0 radical (unpaired) electrons. The Morgan fingerprint density at radius 2 is 1.86 bits per heavy atom. The third kappa shape index (κ3) is 4.04. The molecule has 2 aliphatic heterocycles. The van der Waals surface area contributed by atoms with Crippen LogP contribution in [0.5, 0.6) is 0 Å². The number of nitrogens with zero attached hydrogens (tertiary/aromatic N) is 2. The minimum atomic E-state index is -0.358. The van der Waals surface area contributed by atoms with Crippen LogP contribution in [0.15, 0.2) is 0 Å². The summed E-state index contributed by atoms with van der Waals surface area (Å²) in [6, 6.07) is 0.909. The molecule has 2 saturated heterocycles. The van der Waals surface area contributed by atoms with Crippen molar-refractivity contribution in [2.24, 2.45) is 5.92 Å². The molecule has 2 fully saturated rings. The van der Waals surface area contributed by atoms with Crippen LogP contribution in [0.3, 0.4) is 0 Å². The number of likely N-dealkylation sites (tertiary alicyclic amines) is 1. The van der Waals surface area contributed by atoms with Crippen molar-refractivity contribution in [2.75, 3.05) is 26.7 Å². The zero-order valence-corrected chi connectivity index (χ0v) is 13.8. The van der Waals surface area contributed by atoms with Gasteiger partial charge in [-0.25, -0.2) is 0 Å². The minimum absolute atomic E-state index is 0.0238. The molecule has 3 atom stereocenters. The van der Waals surface area contributed by atoms with Crippen molar-refractivity contribution in [3.05, 3.63) is 0 Å². The number of ketones is 1. The van der Waals surface area contributed by atoms with Gasteiger partial charge in [-0.2, -0.15) is 0 Å². The number of carbonyl (C=O) groups excluding carboxylic acids is 2. The molecule has 2 heterocycles. The van der Waals surface area contributed by atoms with E-state index in [0.29, 0.717) is 18.6 Å². The minimum Gasteiger partial charge on any atom is -0.345 e. The molecule has 0 aromatic carbocycles. The highest BCUT2D eigenvalue weighted by Gasteiger charge is 2.35. The Morgan fingerprint density at radius 3 is 2.48 bits per heavy atom. The van der Waals surface area contributed by atoms with Gasteiger partial charge in [0.05, 0.1) is 12.6 Å². The summed E-state index contributed by atoms with van der Waals surface area (Å²) in [6.45, 7) is 7.83. The average Bonchev–Trinajstić information content (AvgIpc) is 2.63. The number of rotatable bonds is 5. The number of Topliss-reactive ketones (excluding diaryl/α,β-unsaturated/α-hetero) is 1. The molecule has 0 aromatic rings. The first kappa shape index (κ1) is 16.4. The largest absolute Gasteiger partial charge is 0.345 e. The summed E-state index contributed by atoms with van der Waals surface area (Å²) in [5, 5.41) is 2.90. The molecule has 120 valence electrons. The van der Waals surface area contributed by atoms with Gasteiger partial charge in [-0.05, 0) is 39.2 Å². The van der Waals surface area contributed by atoms with Crippen molar-refractivity contribution in [1.29, 1.82) is 0 Å². The average molecular weight is 295 g/mol. The molecule has 5 nitrogen and oxygen atoms in total. The molecule has 5 heteroatoms. The fourth-order valence-electron chi connectivity index (χ4n) is 3.68. The molecule has 1 N–H and O–H groups in total. The highest BCUT2D eigenvalue weighted by atomic mass is 16.2. The number of carbonyl (C=O) groups is 2. The summed E-state index contributed by atoms with van der Waals surface area (Å²) in [7, 11) is 2.20. The standard InChI is InChI=1S/C16H29N3O2/c1-11(2)16(12(3)20)17-15(21)10-19-8-7-13-5-6-14(9-19)18(13)4/h11,13-14,16H,5-10H2,1-4H3,(H,17,21). The summed E-state index contributed by atoms with van der Waals surface area (Å²) in [6.07, 6.45) is 3.67. The van der Waals surface area contributed by atoms with Crippen LogP contribution in [0.4, 0.5) is 0 Å². The molecule has 0 saturated carbocycles. The van der Waals surface area contributed by atoms with Gasteiger partial charge in [-0.1, -0.05) is 13.8 Å². The Bertz CT molecular complexity index is 397. The second-order valence-electron chi connectivity index (χ2n) is 6.97. The molecule has 0 aromatic heterocycles. The van der Waals surface area contributed by atoms with E-state index in [1.165, 1.54) is 12.8 Å². The SMILES string of the molecule is CC(=O)C(NC(=O)CN1CCC2CCC(C1)N2C)C(C)C. The summed E-state index contributed by atoms with van der Waals surface area (Å²) in [5.74, 6) is 0.148. The Labute approximate surface area is 128 Å². The number of amides is 1. The van der Waals surface area contributed by atoms with Crippen molar-refractivity contribution in [3.8, 4) is 0 Å². The van der Waals surface area contributed by atoms with E-state index in [-0.39, 0.29) is 23.7 Å². The van der Waals surface area contributed by atoms with E-state index in [2.05, 4.69) is 22.2 Å².